The molecule has 0 bridgehead atoms. The third-order valence-corrected chi connectivity index (χ3v) is 2.64. The van der Waals surface area contributed by atoms with E-state index in [0.29, 0.717) is 5.75 Å². The lowest BCUT2D eigenvalue weighted by Crippen LogP contribution is -2.42. The lowest BCUT2D eigenvalue weighted by Gasteiger charge is -2.25. The molecule has 0 spiro atoms. The molecule has 1 aromatic rings. The van der Waals surface area contributed by atoms with Crippen LogP contribution in [0.2, 0.25) is 0 Å². The van der Waals surface area contributed by atoms with Gasteiger partial charge in [0, 0.05) is 6.04 Å². The summed E-state index contributed by atoms with van der Waals surface area (Å²) in [5.41, 5.74) is 5.20. The molecule has 0 aliphatic rings. The second-order valence-corrected chi connectivity index (χ2v) is 4.38. The Morgan fingerprint density at radius 2 is 2.05 bits per heavy atom. The molecule has 3 N–H and O–H groups in total. The lowest BCUT2D eigenvalue weighted by molar-refractivity contribution is -0.119. The number of carbonyl (C=O) groups excluding carboxylic acids is 2. The maximum absolute atomic E-state index is 12.3. The Morgan fingerprint density at radius 1 is 1.42 bits per heavy atom. The molecule has 0 aromatic heterocycles. The Labute approximate surface area is 111 Å². The first-order valence-electron chi connectivity index (χ1n) is 5.83. The van der Waals surface area contributed by atoms with Crippen molar-refractivity contribution in [3.05, 3.63) is 23.8 Å². The van der Waals surface area contributed by atoms with Crippen molar-refractivity contribution < 1.29 is 19.4 Å². The third-order valence-electron chi connectivity index (χ3n) is 2.64. The zero-order valence-electron chi connectivity index (χ0n) is 11.2. The fourth-order valence-corrected chi connectivity index (χ4v) is 1.62. The maximum atomic E-state index is 12.3. The third kappa shape index (κ3) is 3.61. The molecule has 6 nitrogen and oxygen atoms in total. The summed E-state index contributed by atoms with van der Waals surface area (Å²) in [5, 5.41) is 9.75. The van der Waals surface area contributed by atoms with Gasteiger partial charge in [-0.2, -0.15) is 0 Å². The van der Waals surface area contributed by atoms with Crippen molar-refractivity contribution in [2.45, 2.75) is 19.9 Å². The van der Waals surface area contributed by atoms with Crippen LogP contribution in [0.25, 0.3) is 0 Å². The molecular formula is C13H18N2O4. The lowest BCUT2D eigenvalue weighted by atomic mass is 10.1. The number of aromatic hydroxyl groups is 1. The number of primary amides is 1. The van der Waals surface area contributed by atoms with Crippen LogP contribution in [0, 0.1) is 0 Å². The summed E-state index contributed by atoms with van der Waals surface area (Å²) in [6.45, 7) is 3.32. The average molecular weight is 266 g/mol. The highest BCUT2D eigenvalue weighted by molar-refractivity contribution is 5.99. The zero-order valence-corrected chi connectivity index (χ0v) is 11.2. The number of nitrogens with zero attached hydrogens (tertiary/aromatic N) is 1. The van der Waals surface area contributed by atoms with Crippen molar-refractivity contribution in [1.29, 1.82) is 0 Å². The molecule has 104 valence electrons. The predicted molar refractivity (Wildman–Crippen MR) is 70.0 cm³/mol. The molecule has 0 saturated heterocycles. The largest absolute Gasteiger partial charge is 0.507 e. The Kier molecular flexibility index (Phi) is 4.74. The van der Waals surface area contributed by atoms with E-state index in [9.17, 15) is 14.7 Å². The summed E-state index contributed by atoms with van der Waals surface area (Å²) in [6.07, 6.45) is 0. The summed E-state index contributed by atoms with van der Waals surface area (Å²) in [7, 11) is 1.46. The van der Waals surface area contributed by atoms with Crippen molar-refractivity contribution in [3.63, 3.8) is 0 Å². The Bertz CT molecular complexity index is 486. The number of carbonyl (C=O) groups is 2. The van der Waals surface area contributed by atoms with Gasteiger partial charge < -0.3 is 20.5 Å². The van der Waals surface area contributed by atoms with E-state index in [1.807, 2.05) is 0 Å². The Hall–Kier alpha value is -2.24. The molecule has 0 aliphatic heterocycles. The van der Waals surface area contributed by atoms with Gasteiger partial charge in [-0.25, -0.2) is 0 Å². The van der Waals surface area contributed by atoms with E-state index >= 15 is 0 Å². The number of amides is 2. The number of hydrogen-bond donors (Lipinski definition) is 2. The molecule has 0 aliphatic carbocycles. The van der Waals surface area contributed by atoms with E-state index in [1.165, 1.54) is 24.1 Å². The van der Waals surface area contributed by atoms with Gasteiger partial charge in [0.05, 0.1) is 19.2 Å². The van der Waals surface area contributed by atoms with Gasteiger partial charge in [-0.15, -0.1) is 0 Å². The molecule has 2 amide bonds. The van der Waals surface area contributed by atoms with Crippen LogP contribution in [0.3, 0.4) is 0 Å². The zero-order chi connectivity index (χ0) is 14.6. The molecule has 0 atom stereocenters. The van der Waals surface area contributed by atoms with Crippen LogP contribution >= 0.6 is 0 Å². The molecule has 0 fully saturated rings. The Balaban J connectivity index is 3.12. The van der Waals surface area contributed by atoms with Crippen LogP contribution in [0.4, 0.5) is 0 Å². The van der Waals surface area contributed by atoms with Crippen LogP contribution in [0.15, 0.2) is 18.2 Å². The van der Waals surface area contributed by atoms with Crippen molar-refractivity contribution in [2.75, 3.05) is 13.7 Å². The van der Waals surface area contributed by atoms with Crippen molar-refractivity contribution in [1.82, 2.24) is 4.90 Å². The van der Waals surface area contributed by atoms with Crippen molar-refractivity contribution >= 4 is 11.8 Å². The number of ether oxygens (including phenoxy) is 1. The maximum Gasteiger partial charge on any atom is 0.258 e. The molecule has 1 aromatic carbocycles. The van der Waals surface area contributed by atoms with Crippen LogP contribution < -0.4 is 10.5 Å². The fraction of sp³-hybridized carbons (Fsp3) is 0.385. The highest BCUT2D eigenvalue weighted by atomic mass is 16.5. The second-order valence-electron chi connectivity index (χ2n) is 4.38. The van der Waals surface area contributed by atoms with Gasteiger partial charge in [0.1, 0.15) is 11.5 Å². The van der Waals surface area contributed by atoms with Gasteiger partial charge in [-0.05, 0) is 32.0 Å². The minimum Gasteiger partial charge on any atom is -0.507 e. The van der Waals surface area contributed by atoms with Crippen LogP contribution in [0.1, 0.15) is 24.2 Å². The molecule has 0 radical (unpaired) electrons. The first-order chi connectivity index (χ1) is 8.86. The molecule has 1 rings (SSSR count). The molecular weight excluding hydrogens is 248 g/mol. The number of rotatable bonds is 5. The van der Waals surface area contributed by atoms with E-state index in [-0.39, 0.29) is 23.9 Å². The number of hydrogen-bond acceptors (Lipinski definition) is 4. The topological polar surface area (TPSA) is 92.9 Å². The van der Waals surface area contributed by atoms with Crippen LogP contribution in [-0.4, -0.2) is 41.5 Å². The standard InChI is InChI=1S/C13H18N2O4/c1-8(2)15(7-12(14)17)13(18)10-6-9(19-3)4-5-11(10)16/h4-6,8,16H,7H2,1-3H3,(H2,14,17). The van der Waals surface area contributed by atoms with Crippen molar-refractivity contribution in [2.24, 2.45) is 5.73 Å². The number of benzene rings is 1. The highest BCUT2D eigenvalue weighted by Crippen LogP contribution is 2.24. The normalized spacial score (nSPS) is 10.3. The number of phenolic OH excluding ortho intramolecular Hbond substituents is 1. The summed E-state index contributed by atoms with van der Waals surface area (Å²) in [4.78, 5) is 24.6. The van der Waals surface area contributed by atoms with E-state index < -0.39 is 11.8 Å². The van der Waals surface area contributed by atoms with Crippen molar-refractivity contribution in [3.8, 4) is 11.5 Å². The number of methoxy groups -OCH3 is 1. The van der Waals surface area contributed by atoms with Gasteiger partial charge in [0.25, 0.3) is 5.91 Å². The summed E-state index contributed by atoms with van der Waals surface area (Å²) >= 11 is 0. The molecule has 19 heavy (non-hydrogen) atoms. The molecule has 6 heteroatoms. The van der Waals surface area contributed by atoms with E-state index in [1.54, 1.807) is 19.9 Å². The summed E-state index contributed by atoms with van der Waals surface area (Å²) < 4.78 is 5.01. The summed E-state index contributed by atoms with van der Waals surface area (Å²) in [5.74, 6) is -0.792. The first kappa shape index (κ1) is 14.8. The van der Waals surface area contributed by atoms with Gasteiger partial charge in [0.2, 0.25) is 5.91 Å². The van der Waals surface area contributed by atoms with Gasteiger partial charge in [0.15, 0.2) is 0 Å². The number of nitrogens with two attached hydrogens (primary N) is 1. The SMILES string of the molecule is COc1ccc(O)c(C(=O)N(CC(N)=O)C(C)C)c1. The van der Waals surface area contributed by atoms with E-state index in [0.717, 1.165) is 0 Å². The number of phenols is 1. The van der Waals surface area contributed by atoms with Gasteiger partial charge >= 0.3 is 0 Å². The van der Waals surface area contributed by atoms with Crippen LogP contribution in [0.5, 0.6) is 11.5 Å². The molecule has 0 saturated carbocycles. The molecule has 0 heterocycles. The van der Waals surface area contributed by atoms with E-state index in [2.05, 4.69) is 0 Å². The van der Waals surface area contributed by atoms with E-state index in [4.69, 9.17) is 10.5 Å². The minimum absolute atomic E-state index is 0.0781. The van der Waals surface area contributed by atoms with Crippen LogP contribution in [-0.2, 0) is 4.79 Å². The molecule has 0 unspecified atom stereocenters. The average Bonchev–Trinajstić information content (AvgIpc) is 2.35. The highest BCUT2D eigenvalue weighted by Gasteiger charge is 2.23. The monoisotopic (exact) mass is 266 g/mol. The quantitative estimate of drug-likeness (QED) is 0.822. The van der Waals surface area contributed by atoms with Gasteiger partial charge in [-0.1, -0.05) is 0 Å². The summed E-state index contributed by atoms with van der Waals surface area (Å²) in [6, 6.07) is 4.12. The first-order valence-corrected chi connectivity index (χ1v) is 5.83. The predicted octanol–water partition coefficient (Wildman–Crippen LogP) is 0.737. The minimum atomic E-state index is -0.607. The smallest absolute Gasteiger partial charge is 0.258 e. The van der Waals surface area contributed by atoms with Gasteiger partial charge in [-0.3, -0.25) is 9.59 Å². The second kappa shape index (κ2) is 6.08. The fourth-order valence-electron chi connectivity index (χ4n) is 1.62. The Morgan fingerprint density at radius 3 is 2.53 bits per heavy atom.